The molecule has 0 bridgehead atoms. The number of nitrogens with two attached hydrogens (primary N) is 1. The highest BCUT2D eigenvalue weighted by atomic mass is 15.1. The van der Waals surface area contributed by atoms with Gasteiger partial charge in [0, 0.05) is 25.8 Å². The fourth-order valence-electron chi connectivity index (χ4n) is 1.72. The molecule has 84 valence electrons. The monoisotopic (exact) mass is 206 g/mol. The molecular weight excluding hydrogens is 184 g/mol. The predicted octanol–water partition coefficient (Wildman–Crippen LogP) is 2.63. The normalized spacial score (nSPS) is 11.5. The molecule has 0 saturated carbocycles. The Bertz CT molecular complexity index is 313. The van der Waals surface area contributed by atoms with E-state index in [-0.39, 0.29) is 0 Å². The van der Waals surface area contributed by atoms with Crippen LogP contribution in [0.5, 0.6) is 0 Å². The van der Waals surface area contributed by atoms with E-state index in [2.05, 4.69) is 57.0 Å². The summed E-state index contributed by atoms with van der Waals surface area (Å²) in [6.07, 6.45) is 0. The van der Waals surface area contributed by atoms with Gasteiger partial charge in [-0.1, -0.05) is 32.9 Å². The molecule has 0 amide bonds. The molecule has 2 heteroatoms. The van der Waals surface area contributed by atoms with E-state index < -0.39 is 0 Å². The molecule has 1 aromatic carbocycles. The van der Waals surface area contributed by atoms with Gasteiger partial charge in [0.25, 0.3) is 0 Å². The quantitative estimate of drug-likeness (QED) is 0.823. The number of anilines is 1. The summed E-state index contributed by atoms with van der Waals surface area (Å²) in [6, 6.07) is 8.42. The Balaban J connectivity index is 2.77. The third-order valence-corrected chi connectivity index (χ3v) is 2.30. The van der Waals surface area contributed by atoms with Gasteiger partial charge in [-0.25, -0.2) is 0 Å². The summed E-state index contributed by atoms with van der Waals surface area (Å²) in [7, 11) is 2.13. The van der Waals surface area contributed by atoms with Gasteiger partial charge in [0.2, 0.25) is 0 Å². The molecule has 2 N–H and O–H groups in total. The molecule has 0 radical (unpaired) electrons. The smallest absolute Gasteiger partial charge is 0.0367 e. The van der Waals surface area contributed by atoms with Gasteiger partial charge >= 0.3 is 0 Å². The molecule has 0 aliphatic rings. The maximum atomic E-state index is 5.63. The minimum absolute atomic E-state index is 0.313. The van der Waals surface area contributed by atoms with Gasteiger partial charge in [-0.2, -0.15) is 0 Å². The van der Waals surface area contributed by atoms with Crippen molar-refractivity contribution in [2.24, 2.45) is 11.1 Å². The largest absolute Gasteiger partial charge is 0.374 e. The minimum Gasteiger partial charge on any atom is -0.374 e. The lowest BCUT2D eigenvalue weighted by molar-refractivity contribution is 0.419. The Labute approximate surface area is 93.1 Å². The van der Waals surface area contributed by atoms with Crippen molar-refractivity contribution < 1.29 is 0 Å². The second kappa shape index (κ2) is 4.67. The van der Waals surface area contributed by atoms with Crippen LogP contribution in [0.25, 0.3) is 0 Å². The summed E-state index contributed by atoms with van der Waals surface area (Å²) in [5.41, 5.74) is 8.37. The third kappa shape index (κ3) is 3.92. The van der Waals surface area contributed by atoms with Crippen LogP contribution >= 0.6 is 0 Å². The van der Waals surface area contributed by atoms with Gasteiger partial charge in [0.15, 0.2) is 0 Å². The fourth-order valence-corrected chi connectivity index (χ4v) is 1.72. The van der Waals surface area contributed by atoms with Crippen LogP contribution in [0.3, 0.4) is 0 Å². The molecule has 0 heterocycles. The second-order valence-corrected chi connectivity index (χ2v) is 5.29. The molecule has 0 atom stereocenters. The average molecular weight is 206 g/mol. The SMILES string of the molecule is CN(CC(C)(C)C)c1cccc(CN)c1. The lowest BCUT2D eigenvalue weighted by atomic mass is 9.96. The van der Waals surface area contributed by atoms with Crippen LogP contribution in [0.4, 0.5) is 5.69 Å². The third-order valence-electron chi connectivity index (χ3n) is 2.30. The van der Waals surface area contributed by atoms with Gasteiger partial charge in [0.05, 0.1) is 0 Å². The van der Waals surface area contributed by atoms with Crippen molar-refractivity contribution in [2.45, 2.75) is 27.3 Å². The lowest BCUT2D eigenvalue weighted by Crippen LogP contribution is -2.29. The first-order valence-corrected chi connectivity index (χ1v) is 5.42. The molecule has 1 rings (SSSR count). The van der Waals surface area contributed by atoms with Gasteiger partial charge < -0.3 is 10.6 Å². The summed E-state index contributed by atoms with van der Waals surface area (Å²) in [5.74, 6) is 0. The molecule has 0 fully saturated rings. The van der Waals surface area contributed by atoms with Gasteiger partial charge in [-0.15, -0.1) is 0 Å². The van der Waals surface area contributed by atoms with Crippen molar-refractivity contribution in [2.75, 3.05) is 18.5 Å². The van der Waals surface area contributed by atoms with E-state index >= 15 is 0 Å². The zero-order valence-electron chi connectivity index (χ0n) is 10.2. The van der Waals surface area contributed by atoms with E-state index in [9.17, 15) is 0 Å². The van der Waals surface area contributed by atoms with Crippen molar-refractivity contribution >= 4 is 5.69 Å². The number of benzene rings is 1. The van der Waals surface area contributed by atoms with Crippen molar-refractivity contribution in [1.29, 1.82) is 0 Å². The predicted molar refractivity (Wildman–Crippen MR) is 67.1 cm³/mol. The van der Waals surface area contributed by atoms with Crippen LogP contribution in [-0.4, -0.2) is 13.6 Å². The zero-order chi connectivity index (χ0) is 11.5. The molecule has 0 aromatic heterocycles. The second-order valence-electron chi connectivity index (χ2n) is 5.29. The number of hydrogen-bond acceptors (Lipinski definition) is 2. The van der Waals surface area contributed by atoms with E-state index in [4.69, 9.17) is 5.73 Å². The number of hydrogen-bond donors (Lipinski definition) is 1. The molecule has 0 aliphatic heterocycles. The summed E-state index contributed by atoms with van der Waals surface area (Å²) in [5, 5.41) is 0. The first-order valence-electron chi connectivity index (χ1n) is 5.42. The van der Waals surface area contributed by atoms with E-state index in [0.717, 1.165) is 6.54 Å². The van der Waals surface area contributed by atoms with Crippen LogP contribution in [0.2, 0.25) is 0 Å². The van der Waals surface area contributed by atoms with Gasteiger partial charge in [0.1, 0.15) is 0 Å². The standard InChI is InChI=1S/C13H22N2/c1-13(2,3)10-15(4)12-7-5-6-11(8-12)9-14/h5-8H,9-10,14H2,1-4H3. The van der Waals surface area contributed by atoms with Gasteiger partial charge in [-0.05, 0) is 23.1 Å². The van der Waals surface area contributed by atoms with Crippen LogP contribution in [0, 0.1) is 5.41 Å². The Morgan fingerprint density at radius 2 is 1.93 bits per heavy atom. The summed E-state index contributed by atoms with van der Waals surface area (Å²) in [4.78, 5) is 2.28. The Hall–Kier alpha value is -1.02. The molecule has 0 aliphatic carbocycles. The van der Waals surface area contributed by atoms with E-state index in [1.54, 1.807) is 0 Å². The van der Waals surface area contributed by atoms with E-state index in [0.29, 0.717) is 12.0 Å². The molecule has 15 heavy (non-hydrogen) atoms. The maximum Gasteiger partial charge on any atom is 0.0367 e. The van der Waals surface area contributed by atoms with Crippen molar-refractivity contribution in [1.82, 2.24) is 0 Å². The highest BCUT2D eigenvalue weighted by Gasteiger charge is 2.13. The zero-order valence-corrected chi connectivity index (χ0v) is 10.2. The van der Waals surface area contributed by atoms with Crippen LogP contribution in [-0.2, 0) is 6.54 Å². The average Bonchev–Trinajstić information content (AvgIpc) is 2.15. The highest BCUT2D eigenvalue weighted by Crippen LogP contribution is 2.20. The first-order chi connectivity index (χ1) is 6.92. The molecule has 0 saturated heterocycles. The number of rotatable bonds is 3. The molecule has 2 nitrogen and oxygen atoms in total. The summed E-state index contributed by atoms with van der Waals surface area (Å²) in [6.45, 7) is 8.39. The van der Waals surface area contributed by atoms with Crippen molar-refractivity contribution in [3.8, 4) is 0 Å². The highest BCUT2D eigenvalue weighted by molar-refractivity contribution is 5.48. The fraction of sp³-hybridized carbons (Fsp3) is 0.538. The first kappa shape index (κ1) is 12.1. The van der Waals surface area contributed by atoms with Crippen LogP contribution in [0.1, 0.15) is 26.3 Å². The van der Waals surface area contributed by atoms with Crippen LogP contribution in [0.15, 0.2) is 24.3 Å². The maximum absolute atomic E-state index is 5.63. The molecular formula is C13H22N2. The number of nitrogens with zero attached hydrogens (tertiary/aromatic N) is 1. The summed E-state index contributed by atoms with van der Waals surface area (Å²) >= 11 is 0. The van der Waals surface area contributed by atoms with Crippen molar-refractivity contribution in [3.63, 3.8) is 0 Å². The molecule has 0 unspecified atom stereocenters. The van der Waals surface area contributed by atoms with E-state index in [1.807, 2.05) is 0 Å². The summed E-state index contributed by atoms with van der Waals surface area (Å²) < 4.78 is 0. The topological polar surface area (TPSA) is 29.3 Å². The Morgan fingerprint density at radius 3 is 2.47 bits per heavy atom. The Kier molecular flexibility index (Phi) is 3.75. The van der Waals surface area contributed by atoms with Crippen LogP contribution < -0.4 is 10.6 Å². The van der Waals surface area contributed by atoms with Gasteiger partial charge in [-0.3, -0.25) is 0 Å². The lowest BCUT2D eigenvalue weighted by Gasteiger charge is -2.28. The minimum atomic E-state index is 0.313. The van der Waals surface area contributed by atoms with Crippen molar-refractivity contribution in [3.05, 3.63) is 29.8 Å². The van der Waals surface area contributed by atoms with E-state index in [1.165, 1.54) is 11.3 Å². The Morgan fingerprint density at radius 1 is 1.27 bits per heavy atom. The molecule has 0 spiro atoms. The molecule has 1 aromatic rings.